The average molecular weight is 124 g/mol. The second kappa shape index (κ2) is 1.89. The molecule has 0 radical (unpaired) electrons. The van der Waals surface area contributed by atoms with E-state index >= 15 is 0 Å². The monoisotopic (exact) mass is 124 g/mol. The van der Waals surface area contributed by atoms with E-state index in [9.17, 15) is 0 Å². The van der Waals surface area contributed by atoms with E-state index in [0.717, 1.165) is 5.56 Å². The smallest absolute Gasteiger partial charge is 0.149 e. The number of nitrogens with zero attached hydrogens (tertiary/aromatic N) is 2. The predicted molar refractivity (Wildman–Crippen MR) is 35.6 cm³/mol. The number of rotatable bonds is 0. The molecule has 0 unspecified atom stereocenters. The zero-order valence-electron chi connectivity index (χ0n) is 5.13. The van der Waals surface area contributed by atoms with Crippen molar-refractivity contribution in [1.29, 1.82) is 0 Å². The Kier molecular flexibility index (Phi) is 1.22. The fraction of sp³-hybridized carbons (Fsp3) is 0.200. The number of aryl methyl sites for hydroxylation is 1. The number of hydrogen-bond acceptors (Lipinski definition) is 4. The fourth-order valence-electron chi connectivity index (χ4n) is 0.515. The Morgan fingerprint density at radius 2 is 2.00 bits per heavy atom. The van der Waals surface area contributed by atoms with Gasteiger partial charge in [-0.3, -0.25) is 0 Å². The van der Waals surface area contributed by atoms with E-state index < -0.39 is 0 Å². The average Bonchev–Trinajstić information content (AvgIpc) is 1.80. The first-order valence-electron chi connectivity index (χ1n) is 2.55. The Hall–Kier alpha value is -1.32. The van der Waals surface area contributed by atoms with Gasteiger partial charge in [0.25, 0.3) is 0 Å². The molecule has 0 saturated heterocycles. The van der Waals surface area contributed by atoms with E-state index in [1.54, 1.807) is 6.07 Å². The molecule has 0 atom stereocenters. The minimum atomic E-state index is 0.404. The van der Waals surface area contributed by atoms with Crippen LogP contribution in [0.2, 0.25) is 0 Å². The lowest BCUT2D eigenvalue weighted by atomic mass is 10.3. The number of nitrogens with two attached hydrogens (primary N) is 2. The molecule has 0 aromatic carbocycles. The lowest BCUT2D eigenvalue weighted by molar-refractivity contribution is 1.04. The molecule has 9 heavy (non-hydrogen) atoms. The van der Waals surface area contributed by atoms with Crippen LogP contribution in [0.1, 0.15) is 5.56 Å². The Morgan fingerprint density at radius 1 is 1.33 bits per heavy atom. The molecule has 1 rings (SSSR count). The van der Waals surface area contributed by atoms with E-state index in [1.165, 1.54) is 0 Å². The molecule has 4 N–H and O–H groups in total. The Balaban J connectivity index is 3.17. The van der Waals surface area contributed by atoms with Crippen molar-refractivity contribution in [2.24, 2.45) is 0 Å². The Morgan fingerprint density at radius 3 is 2.44 bits per heavy atom. The van der Waals surface area contributed by atoms with Gasteiger partial charge < -0.3 is 11.5 Å². The van der Waals surface area contributed by atoms with Gasteiger partial charge in [0, 0.05) is 0 Å². The molecule has 0 saturated carbocycles. The Bertz CT molecular complexity index is 220. The molecule has 0 aliphatic carbocycles. The van der Waals surface area contributed by atoms with Crippen LogP contribution < -0.4 is 11.5 Å². The lowest BCUT2D eigenvalue weighted by Gasteiger charge is -1.95. The highest BCUT2D eigenvalue weighted by Gasteiger charge is 1.93. The largest absolute Gasteiger partial charge is 0.382 e. The maximum atomic E-state index is 5.36. The zero-order valence-corrected chi connectivity index (χ0v) is 5.13. The molecule has 4 heteroatoms. The number of aromatic nitrogens is 2. The molecular formula is C5H8N4. The first kappa shape index (κ1) is 5.81. The van der Waals surface area contributed by atoms with Gasteiger partial charge in [-0.05, 0) is 18.6 Å². The Labute approximate surface area is 52.9 Å². The first-order valence-corrected chi connectivity index (χ1v) is 2.55. The van der Waals surface area contributed by atoms with Crippen LogP contribution >= 0.6 is 0 Å². The summed E-state index contributed by atoms with van der Waals surface area (Å²) in [6.45, 7) is 1.83. The highest BCUT2D eigenvalue weighted by Crippen LogP contribution is 2.05. The van der Waals surface area contributed by atoms with Crippen molar-refractivity contribution >= 4 is 11.6 Å². The minimum Gasteiger partial charge on any atom is -0.382 e. The molecule has 0 fully saturated rings. The molecule has 4 nitrogen and oxygen atoms in total. The maximum absolute atomic E-state index is 5.36. The third-order valence-electron chi connectivity index (χ3n) is 1.04. The van der Waals surface area contributed by atoms with Crippen molar-refractivity contribution < 1.29 is 0 Å². The van der Waals surface area contributed by atoms with Crippen LogP contribution in [-0.2, 0) is 0 Å². The molecular weight excluding hydrogens is 116 g/mol. The summed E-state index contributed by atoms with van der Waals surface area (Å²) in [4.78, 5) is 0. The van der Waals surface area contributed by atoms with Crippen LogP contribution in [-0.4, -0.2) is 10.2 Å². The third-order valence-corrected chi connectivity index (χ3v) is 1.04. The summed E-state index contributed by atoms with van der Waals surface area (Å²) in [5.41, 5.74) is 11.5. The van der Waals surface area contributed by atoms with E-state index in [2.05, 4.69) is 10.2 Å². The van der Waals surface area contributed by atoms with Crippen LogP contribution in [0.3, 0.4) is 0 Å². The van der Waals surface area contributed by atoms with Crippen LogP contribution in [0.4, 0.5) is 11.6 Å². The number of anilines is 2. The van der Waals surface area contributed by atoms with Crippen molar-refractivity contribution in [2.75, 3.05) is 11.5 Å². The van der Waals surface area contributed by atoms with Crippen LogP contribution in [0, 0.1) is 6.92 Å². The summed E-state index contributed by atoms with van der Waals surface area (Å²) < 4.78 is 0. The van der Waals surface area contributed by atoms with Gasteiger partial charge in [0.2, 0.25) is 0 Å². The van der Waals surface area contributed by atoms with Crippen LogP contribution in [0.25, 0.3) is 0 Å². The van der Waals surface area contributed by atoms with Gasteiger partial charge in [-0.15, -0.1) is 10.2 Å². The van der Waals surface area contributed by atoms with E-state index in [4.69, 9.17) is 11.5 Å². The number of nitrogen functional groups attached to an aromatic ring is 2. The summed E-state index contributed by atoms with van der Waals surface area (Å²) in [5, 5.41) is 7.12. The van der Waals surface area contributed by atoms with Gasteiger partial charge in [-0.25, -0.2) is 0 Å². The topological polar surface area (TPSA) is 77.8 Å². The molecule has 0 spiro atoms. The zero-order chi connectivity index (χ0) is 6.85. The molecule has 0 amide bonds. The van der Waals surface area contributed by atoms with Gasteiger partial charge in [-0.1, -0.05) is 0 Å². The fourth-order valence-corrected chi connectivity index (χ4v) is 0.515. The van der Waals surface area contributed by atoms with E-state index in [0.29, 0.717) is 11.6 Å². The molecule has 1 aromatic rings. The van der Waals surface area contributed by atoms with Gasteiger partial charge in [0.05, 0.1) is 0 Å². The van der Waals surface area contributed by atoms with Crippen LogP contribution in [0.5, 0.6) is 0 Å². The summed E-state index contributed by atoms with van der Waals surface area (Å²) >= 11 is 0. The molecule has 0 aliphatic rings. The third kappa shape index (κ3) is 1.07. The molecule has 1 aromatic heterocycles. The standard InChI is InChI=1S/C5H8N4/c1-3-2-4(6)8-9-5(3)7/h2H,1H3,(H2,6,8)(H2,7,9). The minimum absolute atomic E-state index is 0.404. The molecule has 48 valence electrons. The second-order valence-corrected chi connectivity index (χ2v) is 1.84. The molecule has 0 bridgehead atoms. The lowest BCUT2D eigenvalue weighted by Crippen LogP contribution is -1.99. The molecule has 0 aliphatic heterocycles. The molecule has 1 heterocycles. The summed E-state index contributed by atoms with van der Waals surface area (Å²) in [7, 11) is 0. The van der Waals surface area contributed by atoms with E-state index in [-0.39, 0.29) is 0 Å². The first-order chi connectivity index (χ1) is 4.20. The van der Waals surface area contributed by atoms with Gasteiger partial charge in [-0.2, -0.15) is 0 Å². The van der Waals surface area contributed by atoms with Gasteiger partial charge >= 0.3 is 0 Å². The predicted octanol–water partition coefficient (Wildman–Crippen LogP) is -0.0506. The normalized spacial score (nSPS) is 9.44. The van der Waals surface area contributed by atoms with Crippen molar-refractivity contribution in [3.63, 3.8) is 0 Å². The SMILES string of the molecule is Cc1cc(N)nnc1N. The van der Waals surface area contributed by atoms with Crippen LogP contribution in [0.15, 0.2) is 6.07 Å². The summed E-state index contributed by atoms with van der Waals surface area (Å²) in [6, 6.07) is 1.68. The maximum Gasteiger partial charge on any atom is 0.149 e. The van der Waals surface area contributed by atoms with E-state index in [1.807, 2.05) is 6.92 Å². The summed E-state index contributed by atoms with van der Waals surface area (Å²) in [6.07, 6.45) is 0. The van der Waals surface area contributed by atoms with Crippen molar-refractivity contribution in [2.45, 2.75) is 6.92 Å². The second-order valence-electron chi connectivity index (χ2n) is 1.84. The van der Waals surface area contributed by atoms with Gasteiger partial charge in [0.15, 0.2) is 0 Å². The van der Waals surface area contributed by atoms with Gasteiger partial charge in [0.1, 0.15) is 11.6 Å². The van der Waals surface area contributed by atoms with Crippen molar-refractivity contribution in [3.8, 4) is 0 Å². The van der Waals surface area contributed by atoms with Crippen molar-refractivity contribution in [1.82, 2.24) is 10.2 Å². The van der Waals surface area contributed by atoms with Crippen molar-refractivity contribution in [3.05, 3.63) is 11.6 Å². The summed E-state index contributed by atoms with van der Waals surface area (Å²) in [5.74, 6) is 0.839. The number of hydrogen-bond donors (Lipinski definition) is 2. The highest BCUT2D eigenvalue weighted by atomic mass is 15.2. The quantitative estimate of drug-likeness (QED) is 0.508. The highest BCUT2D eigenvalue weighted by molar-refractivity contribution is 5.42.